The zero-order valence-electron chi connectivity index (χ0n) is 22.0. The number of benzene rings is 3. The van der Waals surface area contributed by atoms with Gasteiger partial charge in [-0.25, -0.2) is 8.42 Å². The molecule has 2 amide bonds. The molecule has 1 N–H and O–H groups in total. The third-order valence-electron chi connectivity index (χ3n) is 6.23. The van der Waals surface area contributed by atoms with E-state index in [0.29, 0.717) is 17.9 Å². The first-order valence-corrected chi connectivity index (χ1v) is 14.3. The van der Waals surface area contributed by atoms with Crippen LogP contribution in [0.2, 0.25) is 0 Å². The van der Waals surface area contributed by atoms with E-state index in [1.807, 2.05) is 60.7 Å². The number of ether oxygens (including phenoxy) is 1. The quantitative estimate of drug-likeness (QED) is 0.359. The van der Waals surface area contributed by atoms with Gasteiger partial charge in [0.1, 0.15) is 11.8 Å². The normalized spacial score (nSPS) is 11.9. The third-order valence-corrected chi connectivity index (χ3v) is 7.42. The fourth-order valence-corrected chi connectivity index (χ4v) is 5.22. The van der Waals surface area contributed by atoms with Crippen molar-refractivity contribution in [2.75, 3.05) is 31.3 Å². The van der Waals surface area contributed by atoms with E-state index in [-0.39, 0.29) is 37.7 Å². The van der Waals surface area contributed by atoms with E-state index in [4.69, 9.17) is 4.74 Å². The topological polar surface area (TPSA) is 96.0 Å². The molecule has 0 saturated carbocycles. The molecule has 0 fully saturated rings. The number of amides is 2. The minimum Gasteiger partial charge on any atom is -0.497 e. The second-order valence-corrected chi connectivity index (χ2v) is 10.9. The number of methoxy groups -OCH3 is 1. The fraction of sp³-hybridized carbons (Fsp3) is 0.310. The molecule has 202 valence electrons. The number of nitrogens with zero attached hydrogens (tertiary/aromatic N) is 2. The summed E-state index contributed by atoms with van der Waals surface area (Å²) < 4.78 is 31.5. The van der Waals surface area contributed by atoms with Crippen LogP contribution in [0.5, 0.6) is 5.75 Å². The molecule has 0 saturated heterocycles. The molecule has 0 aliphatic carbocycles. The van der Waals surface area contributed by atoms with Crippen LogP contribution in [0, 0.1) is 0 Å². The number of sulfonamides is 1. The van der Waals surface area contributed by atoms with Crippen LogP contribution >= 0.6 is 0 Å². The number of nitrogens with one attached hydrogen (secondary N) is 1. The number of carbonyl (C=O) groups is 2. The number of hydrogen-bond donors (Lipinski definition) is 1. The van der Waals surface area contributed by atoms with Crippen LogP contribution < -0.4 is 14.4 Å². The monoisotopic (exact) mass is 537 g/mol. The second-order valence-electron chi connectivity index (χ2n) is 8.96. The Labute approximate surface area is 225 Å². The number of hydrogen-bond acceptors (Lipinski definition) is 5. The van der Waals surface area contributed by atoms with Crippen molar-refractivity contribution in [1.82, 2.24) is 10.2 Å². The van der Waals surface area contributed by atoms with Gasteiger partial charge in [-0.1, -0.05) is 60.7 Å². The Kier molecular flexibility index (Phi) is 10.3. The maximum absolute atomic E-state index is 13.6. The summed E-state index contributed by atoms with van der Waals surface area (Å²) in [6.45, 7) is 0.387. The summed E-state index contributed by atoms with van der Waals surface area (Å²) in [5.74, 6) is 0.142. The van der Waals surface area contributed by atoms with Gasteiger partial charge in [-0.2, -0.15) is 0 Å². The van der Waals surface area contributed by atoms with E-state index in [1.165, 1.54) is 4.31 Å². The van der Waals surface area contributed by atoms with Crippen molar-refractivity contribution in [1.29, 1.82) is 0 Å². The second kappa shape index (κ2) is 13.6. The Morgan fingerprint density at radius 2 is 1.47 bits per heavy atom. The van der Waals surface area contributed by atoms with Crippen molar-refractivity contribution in [2.24, 2.45) is 0 Å². The lowest BCUT2D eigenvalue weighted by Gasteiger charge is -2.31. The first kappa shape index (κ1) is 28.7. The summed E-state index contributed by atoms with van der Waals surface area (Å²) in [7, 11) is -0.474. The number of likely N-dealkylation sites (N-methyl/N-ethyl adjacent to an activating group) is 1. The van der Waals surface area contributed by atoms with Gasteiger partial charge in [0.15, 0.2) is 0 Å². The molecule has 0 aliphatic heterocycles. The first-order valence-electron chi connectivity index (χ1n) is 12.4. The number of carbonyl (C=O) groups excluding carboxylic acids is 2. The van der Waals surface area contributed by atoms with Crippen molar-refractivity contribution >= 4 is 27.5 Å². The van der Waals surface area contributed by atoms with Crippen LogP contribution in [0.15, 0.2) is 84.9 Å². The van der Waals surface area contributed by atoms with Gasteiger partial charge in [0.05, 0.1) is 19.1 Å². The van der Waals surface area contributed by atoms with Gasteiger partial charge in [-0.05, 0) is 41.8 Å². The van der Waals surface area contributed by atoms with Crippen LogP contribution in [0.1, 0.15) is 24.0 Å². The smallest absolute Gasteiger partial charge is 0.242 e. The lowest BCUT2D eigenvalue weighted by molar-refractivity contribution is -0.141. The molecular formula is C29H35N3O5S. The molecule has 0 aliphatic rings. The van der Waals surface area contributed by atoms with Gasteiger partial charge in [0.2, 0.25) is 21.8 Å². The van der Waals surface area contributed by atoms with E-state index in [1.54, 1.807) is 43.3 Å². The molecule has 9 heteroatoms. The minimum atomic E-state index is -3.58. The van der Waals surface area contributed by atoms with Gasteiger partial charge in [0.25, 0.3) is 0 Å². The molecule has 0 spiro atoms. The summed E-state index contributed by atoms with van der Waals surface area (Å²) >= 11 is 0. The van der Waals surface area contributed by atoms with Gasteiger partial charge < -0.3 is 15.0 Å². The summed E-state index contributed by atoms with van der Waals surface area (Å²) in [6.07, 6.45) is 1.87. The Hall–Kier alpha value is -3.85. The van der Waals surface area contributed by atoms with Crippen molar-refractivity contribution in [2.45, 2.75) is 31.8 Å². The zero-order valence-corrected chi connectivity index (χ0v) is 22.9. The van der Waals surface area contributed by atoms with Gasteiger partial charge >= 0.3 is 0 Å². The SMILES string of the molecule is CNC(=O)[C@@H](Cc1ccccc1)N(Cc1ccccc1)C(=O)CCCN(c1ccc(OC)cc1)S(C)(=O)=O. The maximum Gasteiger partial charge on any atom is 0.242 e. The first-order chi connectivity index (χ1) is 18.2. The van der Waals surface area contributed by atoms with E-state index < -0.39 is 16.1 Å². The minimum absolute atomic E-state index is 0.0806. The fourth-order valence-electron chi connectivity index (χ4n) is 4.25. The average molecular weight is 538 g/mol. The van der Waals surface area contributed by atoms with Crippen molar-refractivity contribution in [3.63, 3.8) is 0 Å². The van der Waals surface area contributed by atoms with Crippen LogP contribution in [0.3, 0.4) is 0 Å². The number of rotatable bonds is 13. The van der Waals surface area contributed by atoms with Crippen molar-refractivity contribution in [3.8, 4) is 5.75 Å². The molecule has 0 bridgehead atoms. The Morgan fingerprint density at radius 3 is 2.00 bits per heavy atom. The van der Waals surface area contributed by atoms with E-state index in [2.05, 4.69) is 5.32 Å². The van der Waals surface area contributed by atoms with Crippen LogP contribution in [-0.2, 0) is 32.6 Å². The standard InChI is InChI=1S/C29H35N3O5S/c1-30-29(34)27(21-23-11-6-4-7-12-23)31(22-24-13-8-5-9-14-24)28(33)15-10-20-32(38(3,35)36)25-16-18-26(37-2)19-17-25/h4-9,11-14,16-19,27H,10,15,20-22H2,1-3H3,(H,30,34)/t27-/m1/s1. The van der Waals surface area contributed by atoms with E-state index >= 15 is 0 Å². The molecule has 0 aromatic heterocycles. The largest absolute Gasteiger partial charge is 0.497 e. The lowest BCUT2D eigenvalue weighted by atomic mass is 10.0. The zero-order chi connectivity index (χ0) is 27.5. The van der Waals surface area contributed by atoms with Gasteiger partial charge in [0, 0.05) is 33.0 Å². The highest BCUT2D eigenvalue weighted by Crippen LogP contribution is 2.23. The summed E-state index contributed by atoms with van der Waals surface area (Å²) in [5, 5.41) is 2.70. The van der Waals surface area contributed by atoms with Crippen LogP contribution in [0.25, 0.3) is 0 Å². The molecule has 1 atom stereocenters. The Balaban J connectivity index is 1.81. The summed E-state index contributed by atoms with van der Waals surface area (Å²) in [5.41, 5.74) is 2.34. The van der Waals surface area contributed by atoms with Gasteiger partial charge in [-0.3, -0.25) is 13.9 Å². The molecule has 38 heavy (non-hydrogen) atoms. The molecular weight excluding hydrogens is 502 g/mol. The molecule has 0 heterocycles. The summed E-state index contributed by atoms with van der Waals surface area (Å²) in [4.78, 5) is 28.2. The van der Waals surface area contributed by atoms with Crippen LogP contribution in [0.4, 0.5) is 5.69 Å². The van der Waals surface area contributed by atoms with Crippen molar-refractivity contribution in [3.05, 3.63) is 96.1 Å². The van der Waals surface area contributed by atoms with Crippen LogP contribution in [-0.4, -0.2) is 58.1 Å². The molecule has 3 rings (SSSR count). The Morgan fingerprint density at radius 1 is 0.895 bits per heavy atom. The highest BCUT2D eigenvalue weighted by atomic mass is 32.2. The average Bonchev–Trinajstić information content (AvgIpc) is 2.93. The van der Waals surface area contributed by atoms with E-state index in [9.17, 15) is 18.0 Å². The Bertz CT molecular complexity index is 1280. The summed E-state index contributed by atoms with van der Waals surface area (Å²) in [6, 6.07) is 25.1. The molecule has 0 radical (unpaired) electrons. The predicted molar refractivity (Wildman–Crippen MR) is 149 cm³/mol. The van der Waals surface area contributed by atoms with Gasteiger partial charge in [-0.15, -0.1) is 0 Å². The lowest BCUT2D eigenvalue weighted by Crippen LogP contribution is -2.49. The number of anilines is 1. The van der Waals surface area contributed by atoms with E-state index in [0.717, 1.165) is 17.4 Å². The van der Waals surface area contributed by atoms with Crippen molar-refractivity contribution < 1.29 is 22.7 Å². The highest BCUT2D eigenvalue weighted by Gasteiger charge is 2.30. The third kappa shape index (κ3) is 8.08. The molecule has 0 unspecified atom stereocenters. The highest BCUT2D eigenvalue weighted by molar-refractivity contribution is 7.92. The predicted octanol–water partition coefficient (Wildman–Crippen LogP) is 3.63. The molecule has 8 nitrogen and oxygen atoms in total. The molecule has 3 aromatic carbocycles. The maximum atomic E-state index is 13.6. The molecule has 3 aromatic rings.